The van der Waals surface area contributed by atoms with Crippen LogP contribution in [0.5, 0.6) is 0 Å². The van der Waals surface area contributed by atoms with E-state index in [1.807, 2.05) is 77.7 Å². The molecule has 0 saturated carbocycles. The van der Waals surface area contributed by atoms with E-state index < -0.39 is 0 Å². The number of nitrogens with zero attached hydrogens (tertiary/aromatic N) is 5. The summed E-state index contributed by atoms with van der Waals surface area (Å²) in [7, 11) is 1.95. The zero-order chi connectivity index (χ0) is 20.5. The second-order valence-corrected chi connectivity index (χ2v) is 8.49. The molecule has 3 aromatic heterocycles. The summed E-state index contributed by atoms with van der Waals surface area (Å²) in [6.45, 7) is 0. The Balaban J connectivity index is 1.41. The number of benzene rings is 2. The van der Waals surface area contributed by atoms with E-state index in [4.69, 9.17) is 4.98 Å². The molecule has 3 heterocycles. The van der Waals surface area contributed by atoms with Gasteiger partial charge in [-0.25, -0.2) is 4.98 Å². The summed E-state index contributed by atoms with van der Waals surface area (Å²) in [6.07, 6.45) is 0. The fraction of sp³-hybridized carbons (Fsp3) is 0.0909. The molecule has 148 valence electrons. The lowest BCUT2D eigenvalue weighted by Gasteiger charge is -2.05. The Hall–Kier alpha value is -3.23. The number of aromatic nitrogens is 5. The van der Waals surface area contributed by atoms with Gasteiger partial charge in [-0.05, 0) is 5.56 Å². The molecule has 0 saturated heterocycles. The summed E-state index contributed by atoms with van der Waals surface area (Å²) in [5, 5.41) is 11.4. The molecule has 5 rings (SSSR count). The SMILES string of the molecule is Cn1c(SCc2cc(=O)n3c(-c4ccccc4)csc3n2)nnc1-c1ccccc1. The van der Waals surface area contributed by atoms with Crippen molar-refractivity contribution in [3.8, 4) is 22.6 Å². The highest BCUT2D eigenvalue weighted by atomic mass is 32.2. The number of thiazole rings is 1. The lowest BCUT2D eigenvalue weighted by atomic mass is 10.2. The van der Waals surface area contributed by atoms with Crippen LogP contribution in [0, 0.1) is 0 Å². The van der Waals surface area contributed by atoms with Crippen LogP contribution >= 0.6 is 23.1 Å². The van der Waals surface area contributed by atoms with E-state index in [-0.39, 0.29) is 5.56 Å². The molecule has 2 aromatic carbocycles. The first kappa shape index (κ1) is 18.8. The molecule has 8 heteroatoms. The summed E-state index contributed by atoms with van der Waals surface area (Å²) in [5.74, 6) is 1.36. The summed E-state index contributed by atoms with van der Waals surface area (Å²) >= 11 is 2.99. The Kier molecular flexibility index (Phi) is 4.94. The van der Waals surface area contributed by atoms with Crippen molar-refractivity contribution in [3.63, 3.8) is 0 Å². The summed E-state index contributed by atoms with van der Waals surface area (Å²) in [5.41, 5.74) is 3.55. The van der Waals surface area contributed by atoms with Gasteiger partial charge in [0.1, 0.15) is 0 Å². The van der Waals surface area contributed by atoms with E-state index in [1.54, 1.807) is 10.5 Å². The normalized spacial score (nSPS) is 11.2. The molecule has 30 heavy (non-hydrogen) atoms. The molecule has 5 aromatic rings. The summed E-state index contributed by atoms with van der Waals surface area (Å²) in [4.78, 5) is 18.2. The minimum absolute atomic E-state index is 0.0707. The molecule has 0 spiro atoms. The second kappa shape index (κ2) is 7.89. The lowest BCUT2D eigenvalue weighted by Crippen LogP contribution is -2.14. The van der Waals surface area contributed by atoms with E-state index in [0.29, 0.717) is 10.7 Å². The molecule has 0 amide bonds. The van der Waals surface area contributed by atoms with Crippen LogP contribution in [0.25, 0.3) is 27.6 Å². The van der Waals surface area contributed by atoms with Crippen molar-refractivity contribution in [1.29, 1.82) is 0 Å². The highest BCUT2D eigenvalue weighted by Crippen LogP contribution is 2.26. The van der Waals surface area contributed by atoms with Gasteiger partial charge in [0.15, 0.2) is 15.9 Å². The van der Waals surface area contributed by atoms with Crippen LogP contribution in [0.1, 0.15) is 5.69 Å². The third-order valence-electron chi connectivity index (χ3n) is 4.74. The average molecular weight is 432 g/mol. The molecule has 0 unspecified atom stereocenters. The molecule has 0 N–H and O–H groups in total. The van der Waals surface area contributed by atoms with Crippen molar-refractivity contribution in [2.24, 2.45) is 7.05 Å². The molecule has 0 bridgehead atoms. The Bertz CT molecular complexity index is 1370. The van der Waals surface area contributed by atoms with Gasteiger partial charge in [0, 0.05) is 29.8 Å². The molecule has 0 aliphatic heterocycles. The number of rotatable bonds is 5. The van der Waals surface area contributed by atoms with E-state index >= 15 is 0 Å². The second-order valence-electron chi connectivity index (χ2n) is 6.71. The third kappa shape index (κ3) is 3.44. The highest BCUT2D eigenvalue weighted by Gasteiger charge is 2.14. The maximum Gasteiger partial charge on any atom is 0.259 e. The van der Waals surface area contributed by atoms with E-state index in [1.165, 1.54) is 23.1 Å². The predicted octanol–water partition coefficient (Wildman–Crippen LogP) is 4.51. The fourth-order valence-electron chi connectivity index (χ4n) is 3.27. The first-order valence-electron chi connectivity index (χ1n) is 9.34. The number of hydrogen-bond acceptors (Lipinski definition) is 6. The first-order chi connectivity index (χ1) is 14.7. The Morgan fingerprint density at radius 1 is 0.967 bits per heavy atom. The van der Waals surface area contributed by atoms with Crippen LogP contribution in [0.3, 0.4) is 0 Å². The Morgan fingerprint density at radius 3 is 2.40 bits per heavy atom. The standard InChI is InChI=1S/C22H17N5OS2/c1-26-20(16-10-6-3-7-11-16)24-25-22(26)29-13-17-12-19(28)27-18(14-30-21(27)23-17)15-8-4-2-5-9-15/h2-12,14H,13H2,1H3. The van der Waals surface area contributed by atoms with Gasteiger partial charge in [-0.3, -0.25) is 9.20 Å². The molecule has 0 aliphatic carbocycles. The number of hydrogen-bond donors (Lipinski definition) is 0. The third-order valence-corrected chi connectivity index (χ3v) is 6.62. The summed E-state index contributed by atoms with van der Waals surface area (Å²) in [6, 6.07) is 21.4. The van der Waals surface area contributed by atoms with Gasteiger partial charge >= 0.3 is 0 Å². The van der Waals surface area contributed by atoms with Gasteiger partial charge in [-0.1, -0.05) is 72.4 Å². The van der Waals surface area contributed by atoms with Crippen LogP contribution < -0.4 is 5.56 Å². The highest BCUT2D eigenvalue weighted by molar-refractivity contribution is 7.98. The topological polar surface area (TPSA) is 65.1 Å². The zero-order valence-electron chi connectivity index (χ0n) is 16.1. The van der Waals surface area contributed by atoms with Crippen LogP contribution in [-0.2, 0) is 12.8 Å². The number of thioether (sulfide) groups is 1. The van der Waals surface area contributed by atoms with Gasteiger partial charge in [0.25, 0.3) is 5.56 Å². The monoisotopic (exact) mass is 431 g/mol. The Morgan fingerprint density at radius 2 is 1.67 bits per heavy atom. The van der Waals surface area contributed by atoms with Crippen molar-refractivity contribution in [1.82, 2.24) is 24.1 Å². The van der Waals surface area contributed by atoms with Crippen molar-refractivity contribution in [3.05, 3.63) is 88.2 Å². The van der Waals surface area contributed by atoms with Gasteiger partial charge in [0.05, 0.1) is 11.4 Å². The largest absolute Gasteiger partial charge is 0.305 e. The molecule has 0 fully saturated rings. The van der Waals surface area contributed by atoms with E-state index in [9.17, 15) is 4.79 Å². The Labute approximate surface area is 180 Å². The van der Waals surface area contributed by atoms with Gasteiger partial charge in [-0.15, -0.1) is 21.5 Å². The van der Waals surface area contributed by atoms with Crippen molar-refractivity contribution in [2.75, 3.05) is 0 Å². The van der Waals surface area contributed by atoms with Crippen LogP contribution in [0.2, 0.25) is 0 Å². The molecule has 0 radical (unpaired) electrons. The minimum atomic E-state index is -0.0707. The smallest absolute Gasteiger partial charge is 0.259 e. The van der Waals surface area contributed by atoms with Gasteiger partial charge < -0.3 is 4.57 Å². The van der Waals surface area contributed by atoms with Gasteiger partial charge in [-0.2, -0.15) is 0 Å². The van der Waals surface area contributed by atoms with Crippen LogP contribution in [0.15, 0.2) is 82.1 Å². The molecule has 0 aliphatic rings. The van der Waals surface area contributed by atoms with Crippen LogP contribution in [-0.4, -0.2) is 24.1 Å². The lowest BCUT2D eigenvalue weighted by molar-refractivity contribution is 0.793. The maximum absolute atomic E-state index is 12.8. The van der Waals surface area contributed by atoms with Crippen molar-refractivity contribution < 1.29 is 0 Å². The quantitative estimate of drug-likeness (QED) is 0.383. The summed E-state index contributed by atoms with van der Waals surface area (Å²) < 4.78 is 3.63. The number of fused-ring (bicyclic) bond motifs is 1. The molecular weight excluding hydrogens is 414 g/mol. The van der Waals surface area contributed by atoms with E-state index in [2.05, 4.69) is 10.2 Å². The van der Waals surface area contributed by atoms with E-state index in [0.717, 1.165) is 33.5 Å². The van der Waals surface area contributed by atoms with Crippen molar-refractivity contribution >= 4 is 28.1 Å². The maximum atomic E-state index is 12.8. The van der Waals surface area contributed by atoms with Crippen LogP contribution in [0.4, 0.5) is 0 Å². The molecular formula is C22H17N5OS2. The zero-order valence-corrected chi connectivity index (χ0v) is 17.7. The fourth-order valence-corrected chi connectivity index (χ4v) is 4.99. The predicted molar refractivity (Wildman–Crippen MR) is 121 cm³/mol. The average Bonchev–Trinajstić information content (AvgIpc) is 3.37. The first-order valence-corrected chi connectivity index (χ1v) is 11.2. The molecule has 0 atom stereocenters. The van der Waals surface area contributed by atoms with Gasteiger partial charge in [0.2, 0.25) is 0 Å². The van der Waals surface area contributed by atoms with Crippen molar-refractivity contribution in [2.45, 2.75) is 10.9 Å². The molecule has 6 nitrogen and oxygen atoms in total. The minimum Gasteiger partial charge on any atom is -0.305 e.